The molecule has 1 aromatic carbocycles. The van der Waals surface area contributed by atoms with Gasteiger partial charge in [0.15, 0.2) is 0 Å². The van der Waals surface area contributed by atoms with Crippen molar-refractivity contribution in [3.05, 3.63) is 53.7 Å². The molecule has 0 saturated carbocycles. The standard InChI is InChI=1S/C16H19FN4O/c1-16(2,3)21-15(22)13-8-14(20-10-19-13)18-9-11-6-4-5-7-12(11)17/h4-8,10H,9H2,1-3H3,(H,21,22)(H,18,19,20). The summed E-state index contributed by atoms with van der Waals surface area (Å²) in [5, 5.41) is 5.82. The average molecular weight is 302 g/mol. The average Bonchev–Trinajstić information content (AvgIpc) is 2.45. The van der Waals surface area contributed by atoms with Gasteiger partial charge in [0.25, 0.3) is 5.91 Å². The van der Waals surface area contributed by atoms with E-state index in [2.05, 4.69) is 20.6 Å². The lowest BCUT2D eigenvalue weighted by molar-refractivity contribution is 0.0914. The van der Waals surface area contributed by atoms with Gasteiger partial charge in [-0.25, -0.2) is 14.4 Å². The number of nitrogens with zero attached hydrogens (tertiary/aromatic N) is 2. The third-order valence-corrected chi connectivity index (χ3v) is 2.81. The predicted octanol–water partition coefficient (Wildman–Crippen LogP) is 2.76. The van der Waals surface area contributed by atoms with Gasteiger partial charge < -0.3 is 10.6 Å². The van der Waals surface area contributed by atoms with Crippen LogP contribution in [0.2, 0.25) is 0 Å². The molecule has 0 unspecified atom stereocenters. The Hall–Kier alpha value is -2.50. The molecule has 116 valence electrons. The zero-order valence-corrected chi connectivity index (χ0v) is 12.9. The van der Waals surface area contributed by atoms with Crippen LogP contribution in [0.1, 0.15) is 36.8 Å². The first-order chi connectivity index (χ1) is 10.3. The maximum absolute atomic E-state index is 13.5. The Balaban J connectivity index is 2.06. The van der Waals surface area contributed by atoms with Crippen molar-refractivity contribution < 1.29 is 9.18 Å². The fourth-order valence-electron chi connectivity index (χ4n) is 1.81. The highest BCUT2D eigenvalue weighted by Crippen LogP contribution is 2.11. The molecule has 0 aliphatic heterocycles. The van der Waals surface area contributed by atoms with Crippen molar-refractivity contribution in [3.63, 3.8) is 0 Å². The number of carbonyl (C=O) groups is 1. The molecule has 0 radical (unpaired) electrons. The third kappa shape index (κ3) is 4.51. The number of amides is 1. The van der Waals surface area contributed by atoms with E-state index in [9.17, 15) is 9.18 Å². The van der Waals surface area contributed by atoms with Crippen molar-refractivity contribution in [2.45, 2.75) is 32.9 Å². The van der Waals surface area contributed by atoms with E-state index >= 15 is 0 Å². The number of halogens is 1. The summed E-state index contributed by atoms with van der Waals surface area (Å²) in [4.78, 5) is 20.0. The van der Waals surface area contributed by atoms with E-state index in [-0.39, 0.29) is 29.5 Å². The molecule has 2 N–H and O–H groups in total. The minimum atomic E-state index is -0.344. The molecular weight excluding hydrogens is 283 g/mol. The second-order valence-corrected chi connectivity index (χ2v) is 5.94. The van der Waals surface area contributed by atoms with Gasteiger partial charge in [-0.1, -0.05) is 18.2 Å². The SMILES string of the molecule is CC(C)(C)NC(=O)c1cc(NCc2ccccc2F)ncn1. The van der Waals surface area contributed by atoms with Gasteiger partial charge in [-0.05, 0) is 26.8 Å². The van der Waals surface area contributed by atoms with Crippen LogP contribution in [-0.2, 0) is 6.54 Å². The number of rotatable bonds is 4. The maximum Gasteiger partial charge on any atom is 0.270 e. The molecule has 1 amide bonds. The third-order valence-electron chi connectivity index (χ3n) is 2.81. The fourth-order valence-corrected chi connectivity index (χ4v) is 1.81. The Morgan fingerprint density at radius 2 is 1.95 bits per heavy atom. The van der Waals surface area contributed by atoms with Gasteiger partial charge >= 0.3 is 0 Å². The number of nitrogens with one attached hydrogen (secondary N) is 2. The lowest BCUT2D eigenvalue weighted by Crippen LogP contribution is -2.40. The molecule has 0 aliphatic carbocycles. The van der Waals surface area contributed by atoms with Gasteiger partial charge in [-0.2, -0.15) is 0 Å². The van der Waals surface area contributed by atoms with Crippen LogP contribution >= 0.6 is 0 Å². The van der Waals surface area contributed by atoms with Crippen LogP contribution in [0.5, 0.6) is 0 Å². The Labute approximate surface area is 129 Å². The fraction of sp³-hybridized carbons (Fsp3) is 0.312. The first-order valence-electron chi connectivity index (χ1n) is 6.97. The molecule has 0 aliphatic rings. The monoisotopic (exact) mass is 302 g/mol. The van der Waals surface area contributed by atoms with Gasteiger partial charge in [-0.15, -0.1) is 0 Å². The Kier molecular flexibility index (Phi) is 4.70. The second-order valence-electron chi connectivity index (χ2n) is 5.94. The number of aromatic nitrogens is 2. The van der Waals surface area contributed by atoms with Gasteiger partial charge in [-0.3, -0.25) is 4.79 Å². The summed E-state index contributed by atoms with van der Waals surface area (Å²) in [7, 11) is 0. The Bertz CT molecular complexity index is 667. The molecule has 0 saturated heterocycles. The van der Waals surface area contributed by atoms with Crippen molar-refractivity contribution >= 4 is 11.7 Å². The highest BCUT2D eigenvalue weighted by Gasteiger charge is 2.16. The molecule has 6 heteroatoms. The lowest BCUT2D eigenvalue weighted by Gasteiger charge is -2.20. The smallest absolute Gasteiger partial charge is 0.270 e. The van der Waals surface area contributed by atoms with E-state index in [4.69, 9.17) is 0 Å². The highest BCUT2D eigenvalue weighted by atomic mass is 19.1. The lowest BCUT2D eigenvalue weighted by atomic mass is 10.1. The summed E-state index contributed by atoms with van der Waals surface area (Å²) < 4.78 is 13.5. The quantitative estimate of drug-likeness (QED) is 0.911. The molecular formula is C16H19FN4O. The number of hydrogen-bond donors (Lipinski definition) is 2. The van der Waals surface area contributed by atoms with E-state index in [0.29, 0.717) is 11.4 Å². The highest BCUT2D eigenvalue weighted by molar-refractivity contribution is 5.93. The molecule has 0 bridgehead atoms. The normalized spacial score (nSPS) is 11.1. The summed E-state index contributed by atoms with van der Waals surface area (Å²) in [6.07, 6.45) is 1.31. The van der Waals surface area contributed by atoms with Gasteiger partial charge in [0.2, 0.25) is 0 Å². The van der Waals surface area contributed by atoms with Crippen molar-refractivity contribution in [1.29, 1.82) is 0 Å². The van der Waals surface area contributed by atoms with Crippen molar-refractivity contribution in [2.75, 3.05) is 5.32 Å². The van der Waals surface area contributed by atoms with Crippen LogP contribution in [0.3, 0.4) is 0 Å². The van der Waals surface area contributed by atoms with Crippen LogP contribution in [0.4, 0.5) is 10.2 Å². The second kappa shape index (κ2) is 6.51. The Morgan fingerprint density at radius 3 is 2.64 bits per heavy atom. The topological polar surface area (TPSA) is 66.9 Å². The first kappa shape index (κ1) is 15.9. The van der Waals surface area contributed by atoms with Crippen LogP contribution in [0.15, 0.2) is 36.7 Å². The number of carbonyl (C=O) groups excluding carboxylic acids is 1. The molecule has 5 nitrogen and oxygen atoms in total. The van der Waals surface area contributed by atoms with Crippen molar-refractivity contribution in [1.82, 2.24) is 15.3 Å². The zero-order chi connectivity index (χ0) is 16.2. The molecule has 2 aromatic rings. The molecule has 1 aromatic heterocycles. The number of anilines is 1. The molecule has 22 heavy (non-hydrogen) atoms. The van der Waals surface area contributed by atoms with Crippen LogP contribution < -0.4 is 10.6 Å². The van der Waals surface area contributed by atoms with Crippen molar-refractivity contribution in [3.8, 4) is 0 Å². The minimum Gasteiger partial charge on any atom is -0.366 e. The van der Waals surface area contributed by atoms with Gasteiger partial charge in [0.1, 0.15) is 23.7 Å². The summed E-state index contributed by atoms with van der Waals surface area (Å²) in [5.41, 5.74) is 0.450. The van der Waals surface area contributed by atoms with Gasteiger partial charge in [0.05, 0.1) is 0 Å². The van der Waals surface area contributed by atoms with E-state index < -0.39 is 0 Å². The van der Waals surface area contributed by atoms with E-state index in [1.807, 2.05) is 20.8 Å². The number of hydrogen-bond acceptors (Lipinski definition) is 4. The van der Waals surface area contributed by atoms with Crippen LogP contribution in [0, 0.1) is 5.82 Å². The van der Waals surface area contributed by atoms with E-state index in [1.54, 1.807) is 24.3 Å². The largest absolute Gasteiger partial charge is 0.366 e. The summed E-state index contributed by atoms with van der Waals surface area (Å²) in [5.74, 6) is -0.0871. The molecule has 0 spiro atoms. The van der Waals surface area contributed by atoms with Crippen molar-refractivity contribution in [2.24, 2.45) is 0 Å². The molecule has 1 heterocycles. The van der Waals surface area contributed by atoms with Gasteiger partial charge in [0, 0.05) is 23.7 Å². The number of benzene rings is 1. The van der Waals surface area contributed by atoms with Crippen LogP contribution in [0.25, 0.3) is 0 Å². The molecule has 0 atom stereocenters. The zero-order valence-electron chi connectivity index (χ0n) is 12.9. The van der Waals surface area contributed by atoms with Crippen LogP contribution in [-0.4, -0.2) is 21.4 Å². The van der Waals surface area contributed by atoms with E-state index in [1.165, 1.54) is 12.4 Å². The molecule has 2 rings (SSSR count). The molecule has 0 fully saturated rings. The van der Waals surface area contributed by atoms with E-state index in [0.717, 1.165) is 0 Å². The Morgan fingerprint density at radius 1 is 1.23 bits per heavy atom. The minimum absolute atomic E-state index is 0.265. The summed E-state index contributed by atoms with van der Waals surface area (Å²) in [6, 6.07) is 8.04. The predicted molar refractivity (Wildman–Crippen MR) is 83.0 cm³/mol. The maximum atomic E-state index is 13.5. The first-order valence-corrected chi connectivity index (χ1v) is 6.97. The summed E-state index contributed by atoms with van der Waals surface area (Å²) >= 11 is 0. The summed E-state index contributed by atoms with van der Waals surface area (Å²) in [6.45, 7) is 5.96.